The third-order valence-electron chi connectivity index (χ3n) is 4.63. The molecule has 2 heterocycles. The van der Waals surface area contributed by atoms with E-state index in [1.807, 2.05) is 47.0 Å². The molecule has 3 aromatic rings. The van der Waals surface area contributed by atoms with E-state index in [0.29, 0.717) is 5.56 Å². The molecular formula is C21H17NO2. The molecule has 0 amide bonds. The van der Waals surface area contributed by atoms with Crippen molar-refractivity contribution in [2.24, 2.45) is 0 Å². The lowest BCUT2D eigenvalue weighted by molar-refractivity contribution is -0.711. The van der Waals surface area contributed by atoms with Crippen LogP contribution in [0.25, 0.3) is 0 Å². The third-order valence-corrected chi connectivity index (χ3v) is 4.63. The molecule has 4 rings (SSSR count). The minimum Gasteiger partial charge on any atom is -0.868 e. The maximum absolute atomic E-state index is 13.0. The van der Waals surface area contributed by atoms with Crippen molar-refractivity contribution >= 4 is 5.78 Å². The molecule has 24 heavy (non-hydrogen) atoms. The Balaban J connectivity index is 1.88. The molecule has 0 saturated heterocycles. The summed E-state index contributed by atoms with van der Waals surface area (Å²) in [5.41, 5.74) is 3.00. The van der Waals surface area contributed by atoms with E-state index in [0.717, 1.165) is 24.1 Å². The summed E-state index contributed by atoms with van der Waals surface area (Å²) in [6.45, 7) is 0. The Morgan fingerprint density at radius 3 is 2.29 bits per heavy atom. The number of rotatable bonds is 3. The van der Waals surface area contributed by atoms with E-state index in [2.05, 4.69) is 12.1 Å². The second-order valence-electron chi connectivity index (χ2n) is 6.07. The largest absolute Gasteiger partial charge is 0.868 e. The van der Waals surface area contributed by atoms with Gasteiger partial charge in [-0.25, -0.2) is 0 Å². The first-order chi connectivity index (χ1) is 11.8. The summed E-state index contributed by atoms with van der Waals surface area (Å²) in [4.78, 5) is 13.0. The third kappa shape index (κ3) is 2.38. The van der Waals surface area contributed by atoms with Crippen LogP contribution in [-0.2, 0) is 6.42 Å². The molecule has 0 aliphatic carbocycles. The van der Waals surface area contributed by atoms with Crippen molar-refractivity contribution in [3.63, 3.8) is 0 Å². The van der Waals surface area contributed by atoms with E-state index in [1.54, 1.807) is 12.1 Å². The molecule has 2 aromatic carbocycles. The highest BCUT2D eigenvalue weighted by Gasteiger charge is 2.37. The van der Waals surface area contributed by atoms with Gasteiger partial charge in [-0.3, -0.25) is 4.79 Å². The fourth-order valence-corrected chi connectivity index (χ4v) is 3.51. The summed E-state index contributed by atoms with van der Waals surface area (Å²) in [5, 5.41) is 12.5. The number of aryl methyl sites for hydroxylation is 1. The van der Waals surface area contributed by atoms with Crippen molar-refractivity contribution in [1.29, 1.82) is 0 Å². The van der Waals surface area contributed by atoms with Gasteiger partial charge < -0.3 is 5.11 Å². The highest BCUT2D eigenvalue weighted by Crippen LogP contribution is 2.28. The predicted octanol–water partition coefficient (Wildman–Crippen LogP) is 2.81. The molecule has 3 nitrogen and oxygen atoms in total. The van der Waals surface area contributed by atoms with Gasteiger partial charge in [0.15, 0.2) is 11.7 Å². The Kier molecular flexibility index (Phi) is 3.62. The zero-order valence-corrected chi connectivity index (χ0v) is 13.2. The highest BCUT2D eigenvalue weighted by atomic mass is 16.3. The topological polar surface area (TPSA) is 44.0 Å². The number of nitrogens with zero attached hydrogens (tertiary/aromatic N) is 1. The molecule has 0 saturated carbocycles. The van der Waals surface area contributed by atoms with E-state index in [9.17, 15) is 9.90 Å². The van der Waals surface area contributed by atoms with Crippen LogP contribution in [-0.4, -0.2) is 5.78 Å². The van der Waals surface area contributed by atoms with Crippen molar-refractivity contribution in [1.82, 2.24) is 0 Å². The molecule has 1 aromatic heterocycles. The maximum atomic E-state index is 13.0. The lowest BCUT2D eigenvalue weighted by Crippen LogP contribution is -2.45. The van der Waals surface area contributed by atoms with E-state index < -0.39 is 0 Å². The number of fused-ring (bicyclic) bond motifs is 1. The SMILES string of the molecule is O=C(c1ccccc1)c1c([O-])ccc2[n+]1C(c1ccccc1)CC2. The van der Waals surface area contributed by atoms with Crippen molar-refractivity contribution in [3.05, 3.63) is 95.3 Å². The van der Waals surface area contributed by atoms with Gasteiger partial charge in [-0.15, -0.1) is 0 Å². The summed E-state index contributed by atoms with van der Waals surface area (Å²) < 4.78 is 1.95. The summed E-state index contributed by atoms with van der Waals surface area (Å²) in [7, 11) is 0. The maximum Gasteiger partial charge on any atom is 0.256 e. The fourth-order valence-electron chi connectivity index (χ4n) is 3.51. The molecule has 0 spiro atoms. The molecule has 0 bridgehead atoms. The van der Waals surface area contributed by atoms with Crippen LogP contribution in [0.15, 0.2) is 72.8 Å². The number of pyridine rings is 1. The lowest BCUT2D eigenvalue weighted by atomic mass is 10.0. The van der Waals surface area contributed by atoms with Gasteiger partial charge in [0.2, 0.25) is 5.69 Å². The van der Waals surface area contributed by atoms with Gasteiger partial charge >= 0.3 is 0 Å². The van der Waals surface area contributed by atoms with E-state index in [1.165, 1.54) is 6.07 Å². The van der Waals surface area contributed by atoms with Crippen molar-refractivity contribution in [2.45, 2.75) is 18.9 Å². The van der Waals surface area contributed by atoms with Gasteiger partial charge in [0.1, 0.15) is 0 Å². The Morgan fingerprint density at radius 2 is 1.58 bits per heavy atom. The molecule has 1 unspecified atom stereocenters. The Morgan fingerprint density at radius 1 is 0.917 bits per heavy atom. The van der Waals surface area contributed by atoms with Gasteiger partial charge in [0.05, 0.1) is 0 Å². The molecule has 1 aliphatic rings. The number of hydrogen-bond donors (Lipinski definition) is 0. The average Bonchev–Trinajstić information content (AvgIpc) is 3.06. The molecule has 3 heteroatoms. The van der Waals surface area contributed by atoms with E-state index in [4.69, 9.17) is 0 Å². The van der Waals surface area contributed by atoms with Crippen molar-refractivity contribution in [3.8, 4) is 5.75 Å². The van der Waals surface area contributed by atoms with Crippen molar-refractivity contribution in [2.75, 3.05) is 0 Å². The summed E-state index contributed by atoms with van der Waals surface area (Å²) in [5.74, 6) is -0.416. The highest BCUT2D eigenvalue weighted by molar-refractivity contribution is 6.08. The Labute approximate surface area is 140 Å². The van der Waals surface area contributed by atoms with Crippen LogP contribution in [0, 0.1) is 0 Å². The molecule has 1 atom stereocenters. The minimum atomic E-state index is -0.213. The van der Waals surface area contributed by atoms with Gasteiger partial charge in [0, 0.05) is 30.0 Å². The van der Waals surface area contributed by atoms with Gasteiger partial charge in [-0.05, 0) is 5.75 Å². The molecule has 0 radical (unpaired) electrons. The minimum absolute atomic E-state index is 0.0396. The quantitative estimate of drug-likeness (QED) is 0.551. The first-order valence-electron chi connectivity index (χ1n) is 8.15. The Hall–Kier alpha value is -2.94. The van der Waals surface area contributed by atoms with Crippen LogP contribution in [0.2, 0.25) is 0 Å². The smallest absolute Gasteiger partial charge is 0.256 e. The van der Waals surface area contributed by atoms with Gasteiger partial charge in [-0.1, -0.05) is 66.7 Å². The number of hydrogen-bond acceptors (Lipinski definition) is 2. The molecule has 118 valence electrons. The zero-order valence-electron chi connectivity index (χ0n) is 13.2. The van der Waals surface area contributed by atoms with Crippen LogP contribution in [0.5, 0.6) is 5.75 Å². The predicted molar refractivity (Wildman–Crippen MR) is 88.9 cm³/mol. The van der Waals surface area contributed by atoms with Gasteiger partial charge in [0.25, 0.3) is 5.78 Å². The summed E-state index contributed by atoms with van der Waals surface area (Å²) in [6.07, 6.45) is 1.78. The lowest BCUT2D eigenvalue weighted by Gasteiger charge is -2.15. The Bertz CT molecular complexity index is 888. The molecule has 1 aliphatic heterocycles. The average molecular weight is 315 g/mol. The first kappa shape index (κ1) is 14.6. The second kappa shape index (κ2) is 5.93. The fraction of sp³-hybridized carbons (Fsp3) is 0.143. The van der Waals surface area contributed by atoms with Crippen LogP contribution in [0.4, 0.5) is 0 Å². The van der Waals surface area contributed by atoms with Crippen LogP contribution in [0.3, 0.4) is 0 Å². The van der Waals surface area contributed by atoms with Crippen LogP contribution < -0.4 is 9.67 Å². The number of aromatic nitrogens is 1. The number of ketones is 1. The van der Waals surface area contributed by atoms with E-state index >= 15 is 0 Å². The number of carbonyl (C=O) groups is 1. The standard InChI is InChI=1S/C21H17NO2/c23-19-14-12-17-11-13-18(15-7-3-1-4-8-15)22(17)20(19)21(24)16-9-5-2-6-10-16/h1-10,12,14,18H,11,13H2. The zero-order chi connectivity index (χ0) is 16.5. The van der Waals surface area contributed by atoms with E-state index in [-0.39, 0.29) is 23.3 Å². The summed E-state index contributed by atoms with van der Waals surface area (Å²) >= 11 is 0. The number of benzene rings is 2. The molecular weight excluding hydrogens is 298 g/mol. The monoisotopic (exact) mass is 315 g/mol. The van der Waals surface area contributed by atoms with Crippen molar-refractivity contribution < 1.29 is 14.5 Å². The first-order valence-corrected chi connectivity index (χ1v) is 8.15. The second-order valence-corrected chi connectivity index (χ2v) is 6.07. The number of carbonyl (C=O) groups excluding carboxylic acids is 1. The molecule has 0 N–H and O–H groups in total. The van der Waals surface area contributed by atoms with Gasteiger partial charge in [-0.2, -0.15) is 4.57 Å². The van der Waals surface area contributed by atoms with Crippen LogP contribution >= 0.6 is 0 Å². The molecule has 0 fully saturated rings. The summed E-state index contributed by atoms with van der Waals surface area (Å²) in [6, 6.07) is 22.5. The normalized spacial score (nSPS) is 15.9. The van der Waals surface area contributed by atoms with Crippen LogP contribution in [0.1, 0.15) is 39.8 Å².